The van der Waals surface area contributed by atoms with Crippen molar-refractivity contribution in [1.82, 2.24) is 0 Å². The van der Waals surface area contributed by atoms with Gasteiger partial charge in [-0.2, -0.15) is 0 Å². The quantitative estimate of drug-likeness (QED) is 0.393. The minimum Gasteiger partial charge on any atom is -0.502 e. The molecule has 0 heterocycles. The molecule has 0 unspecified atom stereocenters. The van der Waals surface area contributed by atoms with Gasteiger partial charge >= 0.3 is 0 Å². The molecule has 0 aromatic rings. The molecule has 0 saturated heterocycles. The van der Waals surface area contributed by atoms with E-state index in [1.807, 2.05) is 0 Å². The lowest BCUT2D eigenvalue weighted by Crippen LogP contribution is -1.84. The van der Waals surface area contributed by atoms with Crippen molar-refractivity contribution in [3.05, 3.63) is 12.8 Å². The topological polar surface area (TPSA) is 9.23 Å². The largest absolute Gasteiger partial charge is 0.502 e. The van der Waals surface area contributed by atoms with Gasteiger partial charge in [0.2, 0.25) is 0 Å². The van der Waals surface area contributed by atoms with Crippen molar-refractivity contribution in [2.24, 2.45) is 0 Å². The Hall–Kier alpha value is -0.460. The minimum atomic E-state index is 0.831. The van der Waals surface area contributed by atoms with Crippen LogP contribution in [0.15, 0.2) is 12.8 Å². The van der Waals surface area contributed by atoms with Gasteiger partial charge in [0.1, 0.15) is 0 Å². The highest BCUT2D eigenvalue weighted by atomic mass is 16.5. The van der Waals surface area contributed by atoms with Gasteiger partial charge in [0.25, 0.3) is 0 Å². The van der Waals surface area contributed by atoms with Crippen molar-refractivity contribution in [1.29, 1.82) is 0 Å². The highest BCUT2D eigenvalue weighted by Crippen LogP contribution is 1.93. The first kappa shape index (κ1) is 7.54. The normalized spacial score (nSPS) is 8.62. The molecule has 0 aliphatic rings. The van der Waals surface area contributed by atoms with E-state index in [0.29, 0.717) is 0 Å². The van der Waals surface area contributed by atoms with Crippen molar-refractivity contribution in [2.45, 2.75) is 26.2 Å². The van der Waals surface area contributed by atoms with Crippen LogP contribution in [0.25, 0.3) is 0 Å². The first-order chi connectivity index (χ1) is 3.91. The van der Waals surface area contributed by atoms with Crippen LogP contribution in [0.2, 0.25) is 0 Å². The lowest BCUT2D eigenvalue weighted by atomic mass is 10.3. The molecule has 0 aliphatic carbocycles. The summed E-state index contributed by atoms with van der Waals surface area (Å²) in [4.78, 5) is 0. The third-order valence-corrected chi connectivity index (χ3v) is 0.984. The average molecular weight is 114 g/mol. The smallest absolute Gasteiger partial charge is 0.0873 e. The fraction of sp³-hybridized carbons (Fsp3) is 0.714. The van der Waals surface area contributed by atoms with E-state index in [-0.39, 0.29) is 0 Å². The van der Waals surface area contributed by atoms with Gasteiger partial charge < -0.3 is 4.74 Å². The molecule has 0 atom stereocenters. The molecular weight excluding hydrogens is 100 g/mol. The fourth-order valence-electron chi connectivity index (χ4n) is 0.519. The van der Waals surface area contributed by atoms with E-state index in [9.17, 15) is 0 Å². The van der Waals surface area contributed by atoms with Gasteiger partial charge in [-0.1, -0.05) is 26.3 Å². The highest BCUT2D eigenvalue weighted by molar-refractivity contribution is 4.48. The number of ether oxygens (including phenoxy) is 1. The third kappa shape index (κ3) is 5.54. The van der Waals surface area contributed by atoms with E-state index < -0.39 is 0 Å². The van der Waals surface area contributed by atoms with Gasteiger partial charge in [0.15, 0.2) is 0 Å². The lowest BCUT2D eigenvalue weighted by molar-refractivity contribution is 0.243. The van der Waals surface area contributed by atoms with Crippen LogP contribution in [-0.2, 0) is 4.74 Å². The molecule has 0 amide bonds. The van der Waals surface area contributed by atoms with Crippen molar-refractivity contribution < 1.29 is 4.74 Å². The SMILES string of the molecule is C=COCCCCC. The van der Waals surface area contributed by atoms with Crippen LogP contribution in [0, 0.1) is 0 Å². The van der Waals surface area contributed by atoms with E-state index in [2.05, 4.69) is 13.5 Å². The molecule has 0 fully saturated rings. The molecule has 0 spiro atoms. The van der Waals surface area contributed by atoms with Crippen LogP contribution >= 0.6 is 0 Å². The molecular formula is C7H14O. The second-order valence-electron chi connectivity index (χ2n) is 1.74. The van der Waals surface area contributed by atoms with Crippen LogP contribution < -0.4 is 0 Å². The van der Waals surface area contributed by atoms with E-state index in [1.54, 1.807) is 0 Å². The van der Waals surface area contributed by atoms with Gasteiger partial charge in [-0.25, -0.2) is 0 Å². The van der Waals surface area contributed by atoms with Crippen molar-refractivity contribution in [3.63, 3.8) is 0 Å². The molecule has 0 aliphatic heterocycles. The van der Waals surface area contributed by atoms with Gasteiger partial charge in [0, 0.05) is 0 Å². The standard InChI is InChI=1S/C7H14O/c1-3-5-6-7-8-4-2/h4H,2-3,5-7H2,1H3. The molecule has 0 radical (unpaired) electrons. The first-order valence-corrected chi connectivity index (χ1v) is 3.14. The molecule has 0 N–H and O–H groups in total. The van der Waals surface area contributed by atoms with Crippen LogP contribution in [0.5, 0.6) is 0 Å². The van der Waals surface area contributed by atoms with Gasteiger partial charge in [0.05, 0.1) is 12.9 Å². The van der Waals surface area contributed by atoms with E-state index in [0.717, 1.165) is 13.0 Å². The molecule has 48 valence electrons. The Morgan fingerprint density at radius 1 is 1.50 bits per heavy atom. The van der Waals surface area contributed by atoms with Gasteiger partial charge in [-0.05, 0) is 6.42 Å². The maximum atomic E-state index is 4.90. The van der Waals surface area contributed by atoms with E-state index in [1.165, 1.54) is 19.1 Å². The molecule has 0 aromatic carbocycles. The summed E-state index contributed by atoms with van der Waals surface area (Å²) in [5.41, 5.74) is 0. The summed E-state index contributed by atoms with van der Waals surface area (Å²) >= 11 is 0. The Kier molecular flexibility index (Phi) is 6.16. The average Bonchev–Trinajstić information content (AvgIpc) is 1.81. The molecule has 0 bridgehead atoms. The summed E-state index contributed by atoms with van der Waals surface area (Å²) < 4.78 is 4.90. The summed E-state index contributed by atoms with van der Waals surface area (Å²) in [6, 6.07) is 0. The molecule has 1 nitrogen and oxygen atoms in total. The van der Waals surface area contributed by atoms with Crippen LogP contribution in [0.1, 0.15) is 26.2 Å². The maximum Gasteiger partial charge on any atom is 0.0873 e. The van der Waals surface area contributed by atoms with Crippen LogP contribution in [-0.4, -0.2) is 6.61 Å². The Labute approximate surface area is 51.4 Å². The van der Waals surface area contributed by atoms with Crippen LogP contribution in [0.3, 0.4) is 0 Å². The molecule has 0 saturated carbocycles. The van der Waals surface area contributed by atoms with E-state index >= 15 is 0 Å². The molecule has 8 heavy (non-hydrogen) atoms. The monoisotopic (exact) mass is 114 g/mol. The summed E-state index contributed by atoms with van der Waals surface area (Å²) in [6.45, 7) is 6.44. The van der Waals surface area contributed by atoms with Crippen molar-refractivity contribution >= 4 is 0 Å². The Morgan fingerprint density at radius 3 is 2.75 bits per heavy atom. The Balaban J connectivity index is 2.62. The van der Waals surface area contributed by atoms with Gasteiger partial charge in [-0.3, -0.25) is 0 Å². The van der Waals surface area contributed by atoms with Crippen molar-refractivity contribution in [2.75, 3.05) is 6.61 Å². The second kappa shape index (κ2) is 6.54. The molecule has 1 heteroatoms. The van der Waals surface area contributed by atoms with E-state index in [4.69, 9.17) is 4.74 Å². The Morgan fingerprint density at radius 2 is 2.25 bits per heavy atom. The van der Waals surface area contributed by atoms with Gasteiger partial charge in [-0.15, -0.1) is 0 Å². The Bertz CT molecular complexity index is 50.3. The third-order valence-electron chi connectivity index (χ3n) is 0.984. The summed E-state index contributed by atoms with van der Waals surface area (Å²) in [7, 11) is 0. The highest BCUT2D eigenvalue weighted by Gasteiger charge is 1.81. The minimum absolute atomic E-state index is 0.831. The maximum absolute atomic E-state index is 4.90. The molecule has 0 rings (SSSR count). The number of hydrogen-bond acceptors (Lipinski definition) is 1. The zero-order chi connectivity index (χ0) is 6.24. The summed E-state index contributed by atoms with van der Waals surface area (Å²) in [5, 5.41) is 0. The lowest BCUT2D eigenvalue weighted by Gasteiger charge is -1.96. The molecule has 0 aromatic heterocycles. The van der Waals surface area contributed by atoms with Crippen LogP contribution in [0.4, 0.5) is 0 Å². The fourth-order valence-corrected chi connectivity index (χ4v) is 0.519. The predicted molar refractivity (Wildman–Crippen MR) is 35.7 cm³/mol. The zero-order valence-corrected chi connectivity index (χ0v) is 5.52. The number of rotatable bonds is 5. The first-order valence-electron chi connectivity index (χ1n) is 3.14. The summed E-state index contributed by atoms with van der Waals surface area (Å²) in [6.07, 6.45) is 5.16. The number of unbranched alkanes of at least 4 members (excludes halogenated alkanes) is 2. The predicted octanol–water partition coefficient (Wildman–Crippen LogP) is 2.34. The zero-order valence-electron chi connectivity index (χ0n) is 5.52. The van der Waals surface area contributed by atoms with Crippen molar-refractivity contribution in [3.8, 4) is 0 Å². The second-order valence-corrected chi connectivity index (χ2v) is 1.74. The summed E-state index contributed by atoms with van der Waals surface area (Å²) in [5.74, 6) is 0. The number of hydrogen-bond donors (Lipinski definition) is 0.